The summed E-state index contributed by atoms with van der Waals surface area (Å²) in [6.45, 7) is 6.25. The minimum Gasteiger partial charge on any atom is -0.298 e. The molecule has 1 nitrogen and oxygen atoms in total. The second-order valence-corrected chi connectivity index (χ2v) is 5.84. The molecule has 0 N–H and O–H groups in total. The van der Waals surface area contributed by atoms with Crippen molar-refractivity contribution in [3.63, 3.8) is 0 Å². The van der Waals surface area contributed by atoms with Gasteiger partial charge in [-0.15, -0.1) is 0 Å². The van der Waals surface area contributed by atoms with Crippen molar-refractivity contribution >= 4 is 0 Å². The zero-order valence-electron chi connectivity index (χ0n) is 10.8. The van der Waals surface area contributed by atoms with Gasteiger partial charge in [-0.05, 0) is 30.9 Å². The zero-order chi connectivity index (χ0) is 13.3. The number of likely N-dealkylation sites (tertiary alicyclic amines) is 1. The lowest BCUT2D eigenvalue weighted by molar-refractivity contribution is 0.110. The third-order valence-corrected chi connectivity index (χ3v) is 3.44. The van der Waals surface area contributed by atoms with E-state index in [1.807, 2.05) is 0 Å². The van der Waals surface area contributed by atoms with E-state index in [-0.39, 0.29) is 17.5 Å². The summed E-state index contributed by atoms with van der Waals surface area (Å²) < 4.78 is 39.8. The number of rotatable bonds is 2. The van der Waals surface area contributed by atoms with Gasteiger partial charge in [-0.1, -0.05) is 13.8 Å². The number of hydrogen-bond donors (Lipinski definition) is 0. The van der Waals surface area contributed by atoms with Crippen LogP contribution in [0.4, 0.5) is 13.2 Å². The molecule has 1 heterocycles. The Hall–Kier alpha value is -1.03. The van der Waals surface area contributed by atoms with Crippen molar-refractivity contribution in [2.24, 2.45) is 5.41 Å². The number of hydrogen-bond acceptors (Lipinski definition) is 1. The zero-order valence-corrected chi connectivity index (χ0v) is 10.8. The second-order valence-electron chi connectivity index (χ2n) is 5.84. The number of benzene rings is 1. The van der Waals surface area contributed by atoms with Gasteiger partial charge in [-0.2, -0.15) is 0 Å². The van der Waals surface area contributed by atoms with Crippen molar-refractivity contribution in [3.05, 3.63) is 35.1 Å². The minimum atomic E-state index is -1.11. The van der Waals surface area contributed by atoms with Gasteiger partial charge in [0, 0.05) is 24.7 Å². The van der Waals surface area contributed by atoms with Gasteiger partial charge in [-0.3, -0.25) is 4.90 Å². The lowest BCUT2D eigenvalue weighted by atomic mass is 9.84. The van der Waals surface area contributed by atoms with E-state index >= 15 is 0 Å². The molecule has 100 valence electrons. The Morgan fingerprint density at radius 2 is 1.94 bits per heavy atom. The lowest BCUT2D eigenvalue weighted by Gasteiger charge is -2.38. The van der Waals surface area contributed by atoms with Crippen LogP contribution in [0.1, 0.15) is 32.3 Å². The van der Waals surface area contributed by atoms with Crippen molar-refractivity contribution in [1.29, 1.82) is 0 Å². The smallest absolute Gasteiger partial charge is 0.163 e. The molecule has 0 aliphatic carbocycles. The van der Waals surface area contributed by atoms with Crippen LogP contribution >= 0.6 is 0 Å². The van der Waals surface area contributed by atoms with Crippen molar-refractivity contribution in [1.82, 2.24) is 4.90 Å². The van der Waals surface area contributed by atoms with Crippen LogP contribution in [-0.4, -0.2) is 18.0 Å². The van der Waals surface area contributed by atoms with Crippen LogP contribution in [0.3, 0.4) is 0 Å². The van der Waals surface area contributed by atoms with Crippen LogP contribution in [0.25, 0.3) is 0 Å². The number of halogens is 3. The van der Waals surface area contributed by atoms with Crippen LogP contribution in [0, 0.1) is 22.9 Å². The van der Waals surface area contributed by atoms with E-state index < -0.39 is 17.5 Å². The molecule has 0 atom stereocenters. The molecule has 4 heteroatoms. The van der Waals surface area contributed by atoms with Crippen LogP contribution in [0.2, 0.25) is 0 Å². The summed E-state index contributed by atoms with van der Waals surface area (Å²) in [4.78, 5) is 2.06. The van der Waals surface area contributed by atoms with Gasteiger partial charge in [0.25, 0.3) is 0 Å². The molecule has 1 saturated heterocycles. The van der Waals surface area contributed by atoms with E-state index in [9.17, 15) is 13.2 Å². The Balaban J connectivity index is 2.14. The predicted molar refractivity (Wildman–Crippen MR) is 64.6 cm³/mol. The van der Waals surface area contributed by atoms with Gasteiger partial charge in [-0.25, -0.2) is 13.2 Å². The summed E-state index contributed by atoms with van der Waals surface area (Å²) in [7, 11) is 0. The van der Waals surface area contributed by atoms with Gasteiger partial charge in [0.1, 0.15) is 5.82 Å². The standard InChI is InChI=1S/C14H18F3N/c1-14(2)4-3-5-18(9-14)8-10-6-11(15)7-12(16)13(10)17/h6-7H,3-5,8-9H2,1-2H3. The van der Waals surface area contributed by atoms with E-state index in [0.717, 1.165) is 32.0 Å². The first kappa shape index (κ1) is 13.4. The predicted octanol–water partition coefficient (Wildman–Crippen LogP) is 3.73. The summed E-state index contributed by atoms with van der Waals surface area (Å²) in [5, 5.41) is 0. The minimum absolute atomic E-state index is 0.102. The molecule has 1 aliphatic rings. The maximum Gasteiger partial charge on any atom is 0.163 e. The van der Waals surface area contributed by atoms with Gasteiger partial charge in [0.2, 0.25) is 0 Å². The number of nitrogens with zero attached hydrogens (tertiary/aromatic N) is 1. The summed E-state index contributed by atoms with van der Waals surface area (Å²) in [5.74, 6) is -2.76. The van der Waals surface area contributed by atoms with E-state index in [1.54, 1.807) is 0 Å². The first-order valence-electron chi connectivity index (χ1n) is 6.23. The first-order valence-corrected chi connectivity index (χ1v) is 6.23. The largest absolute Gasteiger partial charge is 0.298 e. The Morgan fingerprint density at radius 3 is 2.61 bits per heavy atom. The van der Waals surface area contributed by atoms with Gasteiger partial charge in [0.05, 0.1) is 0 Å². The summed E-state index contributed by atoms with van der Waals surface area (Å²) in [6, 6.07) is 1.67. The molecule has 0 aromatic heterocycles. The topological polar surface area (TPSA) is 3.24 Å². The monoisotopic (exact) mass is 257 g/mol. The van der Waals surface area contributed by atoms with E-state index in [1.165, 1.54) is 0 Å². The fourth-order valence-electron chi connectivity index (χ4n) is 2.64. The van der Waals surface area contributed by atoms with Crippen LogP contribution < -0.4 is 0 Å². The molecular formula is C14H18F3N. The highest BCUT2D eigenvalue weighted by atomic mass is 19.2. The quantitative estimate of drug-likeness (QED) is 0.730. The highest BCUT2D eigenvalue weighted by Crippen LogP contribution is 2.29. The SMILES string of the molecule is CC1(C)CCCN(Cc2cc(F)cc(F)c2F)C1. The molecule has 0 bridgehead atoms. The van der Waals surface area contributed by atoms with Gasteiger partial charge < -0.3 is 0 Å². The average Bonchev–Trinajstić information content (AvgIpc) is 2.24. The molecule has 1 aromatic carbocycles. The van der Waals surface area contributed by atoms with E-state index in [2.05, 4.69) is 18.7 Å². The van der Waals surface area contributed by atoms with Crippen LogP contribution in [-0.2, 0) is 6.54 Å². The first-order chi connectivity index (χ1) is 8.37. The van der Waals surface area contributed by atoms with Gasteiger partial charge >= 0.3 is 0 Å². The maximum absolute atomic E-state index is 13.6. The Kier molecular flexibility index (Phi) is 3.66. The summed E-state index contributed by atoms with van der Waals surface area (Å²) in [6.07, 6.45) is 2.16. The maximum atomic E-state index is 13.6. The molecule has 0 unspecified atom stereocenters. The normalized spacial score (nSPS) is 20.1. The average molecular weight is 257 g/mol. The second kappa shape index (κ2) is 4.92. The molecule has 0 amide bonds. The van der Waals surface area contributed by atoms with E-state index in [4.69, 9.17) is 0 Å². The fraction of sp³-hybridized carbons (Fsp3) is 0.571. The van der Waals surface area contributed by atoms with Crippen molar-refractivity contribution < 1.29 is 13.2 Å². The molecule has 2 rings (SSSR count). The Labute approximate surface area is 106 Å². The molecule has 0 spiro atoms. The highest BCUT2D eigenvalue weighted by Gasteiger charge is 2.27. The molecule has 18 heavy (non-hydrogen) atoms. The molecular weight excluding hydrogens is 239 g/mol. The fourth-order valence-corrected chi connectivity index (χ4v) is 2.64. The molecule has 1 aromatic rings. The van der Waals surface area contributed by atoms with E-state index in [0.29, 0.717) is 6.07 Å². The number of piperidine rings is 1. The van der Waals surface area contributed by atoms with Crippen LogP contribution in [0.5, 0.6) is 0 Å². The molecule has 0 radical (unpaired) electrons. The molecule has 0 saturated carbocycles. The van der Waals surface area contributed by atoms with Gasteiger partial charge in [0.15, 0.2) is 11.6 Å². The third kappa shape index (κ3) is 3.05. The highest BCUT2D eigenvalue weighted by molar-refractivity contribution is 5.20. The Morgan fingerprint density at radius 1 is 1.22 bits per heavy atom. The summed E-state index contributed by atoms with van der Waals surface area (Å²) >= 11 is 0. The summed E-state index contributed by atoms with van der Waals surface area (Å²) in [5.41, 5.74) is 0.283. The lowest BCUT2D eigenvalue weighted by Crippen LogP contribution is -2.39. The van der Waals surface area contributed by atoms with Crippen molar-refractivity contribution in [2.75, 3.05) is 13.1 Å². The third-order valence-electron chi connectivity index (χ3n) is 3.44. The van der Waals surface area contributed by atoms with Crippen LogP contribution in [0.15, 0.2) is 12.1 Å². The van der Waals surface area contributed by atoms with Crippen molar-refractivity contribution in [3.8, 4) is 0 Å². The molecule has 1 fully saturated rings. The van der Waals surface area contributed by atoms with Crippen molar-refractivity contribution in [2.45, 2.75) is 33.2 Å². The molecule has 1 aliphatic heterocycles. The Bertz CT molecular complexity index is 443.